The van der Waals surface area contributed by atoms with Crippen LogP contribution in [0.15, 0.2) is 18.2 Å². The summed E-state index contributed by atoms with van der Waals surface area (Å²) in [6.07, 6.45) is 9.13. The molecule has 1 aromatic rings. The predicted octanol–water partition coefficient (Wildman–Crippen LogP) is 4.27. The van der Waals surface area contributed by atoms with Crippen molar-refractivity contribution >= 4 is 36.4 Å². The van der Waals surface area contributed by atoms with E-state index in [-0.39, 0.29) is 30.7 Å². The molecule has 1 aromatic carbocycles. The highest BCUT2D eigenvalue weighted by molar-refractivity contribution is 5.93. The molecule has 2 saturated heterocycles. The highest BCUT2D eigenvalue weighted by atomic mass is 35.5. The lowest BCUT2D eigenvalue weighted by Gasteiger charge is -2.41. The molecular formula is C22H35Cl2N3O2. The first-order chi connectivity index (χ1) is 13.2. The van der Waals surface area contributed by atoms with Gasteiger partial charge in [0.15, 0.2) is 0 Å². The second-order valence-corrected chi connectivity index (χ2v) is 8.45. The maximum Gasteiger partial charge on any atom is 0.238 e. The van der Waals surface area contributed by atoms with Crippen molar-refractivity contribution in [2.45, 2.75) is 64.0 Å². The molecule has 0 atom stereocenters. The fraction of sp³-hybridized carbons (Fsp3) is 0.682. The SMILES string of the molecule is Cc1cc(OC2CCN(C3CCC3)CC2)ccc1NC(=O)CN1CCCC1.Cl.Cl. The Morgan fingerprint density at radius 1 is 1.03 bits per heavy atom. The van der Waals surface area contributed by atoms with Crippen LogP contribution in [0.4, 0.5) is 5.69 Å². The summed E-state index contributed by atoms with van der Waals surface area (Å²) in [6, 6.07) is 6.88. The zero-order valence-electron chi connectivity index (χ0n) is 17.4. The second kappa shape index (κ2) is 11.4. The lowest BCUT2D eigenvalue weighted by atomic mass is 9.90. The van der Waals surface area contributed by atoms with Crippen LogP contribution in [0, 0.1) is 6.92 Å². The van der Waals surface area contributed by atoms with Gasteiger partial charge in [0.2, 0.25) is 5.91 Å². The van der Waals surface area contributed by atoms with Crippen molar-refractivity contribution in [1.29, 1.82) is 0 Å². The van der Waals surface area contributed by atoms with Gasteiger partial charge in [-0.2, -0.15) is 0 Å². The average Bonchev–Trinajstić information content (AvgIpc) is 3.10. The van der Waals surface area contributed by atoms with E-state index in [1.165, 1.54) is 45.2 Å². The Morgan fingerprint density at radius 3 is 2.31 bits per heavy atom. The number of nitrogens with zero attached hydrogens (tertiary/aromatic N) is 2. The minimum atomic E-state index is 0. The van der Waals surface area contributed by atoms with Crippen LogP contribution in [0.25, 0.3) is 0 Å². The topological polar surface area (TPSA) is 44.8 Å². The number of carbonyl (C=O) groups is 1. The van der Waals surface area contributed by atoms with E-state index >= 15 is 0 Å². The van der Waals surface area contributed by atoms with Crippen LogP contribution in [-0.2, 0) is 4.79 Å². The Kier molecular flexibility index (Phi) is 9.54. The molecule has 0 aromatic heterocycles. The monoisotopic (exact) mass is 443 g/mol. The van der Waals surface area contributed by atoms with E-state index in [9.17, 15) is 4.79 Å². The van der Waals surface area contributed by atoms with Gasteiger partial charge < -0.3 is 15.0 Å². The summed E-state index contributed by atoms with van der Waals surface area (Å²) in [5, 5.41) is 3.06. The molecule has 1 aliphatic carbocycles. The van der Waals surface area contributed by atoms with Crippen molar-refractivity contribution < 1.29 is 9.53 Å². The molecular weight excluding hydrogens is 409 g/mol. The normalized spacial score (nSPS) is 21.0. The Balaban J connectivity index is 0.00000150. The van der Waals surface area contributed by atoms with Gasteiger partial charge in [0, 0.05) is 24.8 Å². The van der Waals surface area contributed by atoms with Crippen LogP contribution in [0.5, 0.6) is 5.75 Å². The van der Waals surface area contributed by atoms with Gasteiger partial charge >= 0.3 is 0 Å². The van der Waals surface area contributed by atoms with Crippen molar-refractivity contribution in [3.63, 3.8) is 0 Å². The number of hydrogen-bond donors (Lipinski definition) is 1. The molecule has 3 fully saturated rings. The highest BCUT2D eigenvalue weighted by Gasteiger charge is 2.29. The van der Waals surface area contributed by atoms with Gasteiger partial charge in [-0.1, -0.05) is 6.42 Å². The van der Waals surface area contributed by atoms with E-state index in [1.807, 2.05) is 19.1 Å². The predicted molar refractivity (Wildman–Crippen MR) is 123 cm³/mol. The summed E-state index contributed by atoms with van der Waals surface area (Å²) < 4.78 is 6.24. The largest absolute Gasteiger partial charge is 0.490 e. The fourth-order valence-corrected chi connectivity index (χ4v) is 4.49. The zero-order valence-corrected chi connectivity index (χ0v) is 19.0. The zero-order chi connectivity index (χ0) is 18.6. The number of benzene rings is 1. The number of piperidine rings is 1. The molecule has 29 heavy (non-hydrogen) atoms. The summed E-state index contributed by atoms with van der Waals surface area (Å²) in [7, 11) is 0. The number of halogens is 2. The van der Waals surface area contributed by atoms with E-state index in [0.29, 0.717) is 12.6 Å². The van der Waals surface area contributed by atoms with Crippen LogP contribution in [0.3, 0.4) is 0 Å². The molecule has 2 aliphatic heterocycles. The fourth-order valence-electron chi connectivity index (χ4n) is 4.49. The van der Waals surface area contributed by atoms with E-state index in [2.05, 4.69) is 21.2 Å². The molecule has 0 bridgehead atoms. The number of likely N-dealkylation sites (tertiary alicyclic amines) is 2. The van der Waals surface area contributed by atoms with Gasteiger partial charge in [-0.3, -0.25) is 9.69 Å². The molecule has 3 aliphatic rings. The Bertz CT molecular complexity index is 655. The summed E-state index contributed by atoms with van der Waals surface area (Å²) in [6.45, 7) is 6.95. The smallest absolute Gasteiger partial charge is 0.238 e. The number of carbonyl (C=O) groups excluding carboxylic acids is 1. The molecule has 0 spiro atoms. The van der Waals surface area contributed by atoms with Crippen molar-refractivity contribution in [2.75, 3.05) is 38.0 Å². The third-order valence-electron chi connectivity index (χ3n) is 6.41. The molecule has 2 heterocycles. The number of nitrogens with one attached hydrogen (secondary N) is 1. The number of ether oxygens (including phenoxy) is 1. The molecule has 4 rings (SSSR count). The first-order valence-electron chi connectivity index (χ1n) is 10.7. The van der Waals surface area contributed by atoms with Crippen LogP contribution < -0.4 is 10.1 Å². The number of rotatable bonds is 6. The van der Waals surface area contributed by atoms with Crippen molar-refractivity contribution in [3.8, 4) is 5.75 Å². The molecule has 1 saturated carbocycles. The molecule has 0 radical (unpaired) electrons. The quantitative estimate of drug-likeness (QED) is 0.712. The third kappa shape index (κ3) is 6.48. The number of anilines is 1. The lowest BCUT2D eigenvalue weighted by Crippen LogP contribution is -2.46. The maximum absolute atomic E-state index is 12.2. The average molecular weight is 444 g/mol. The van der Waals surface area contributed by atoms with Crippen LogP contribution in [0.1, 0.15) is 50.5 Å². The summed E-state index contributed by atoms with van der Waals surface area (Å²) >= 11 is 0. The Hall–Kier alpha value is -1.01. The molecule has 1 N–H and O–H groups in total. The van der Waals surface area contributed by atoms with Crippen molar-refractivity contribution in [1.82, 2.24) is 9.80 Å². The third-order valence-corrected chi connectivity index (χ3v) is 6.41. The van der Waals surface area contributed by atoms with Gasteiger partial charge in [-0.25, -0.2) is 0 Å². The number of hydrogen-bond acceptors (Lipinski definition) is 4. The van der Waals surface area contributed by atoms with E-state index in [4.69, 9.17) is 4.74 Å². The lowest BCUT2D eigenvalue weighted by molar-refractivity contribution is -0.117. The molecule has 7 heteroatoms. The Morgan fingerprint density at radius 2 is 1.72 bits per heavy atom. The van der Waals surface area contributed by atoms with Crippen LogP contribution >= 0.6 is 24.8 Å². The van der Waals surface area contributed by atoms with Gasteiger partial charge in [0.05, 0.1) is 6.54 Å². The van der Waals surface area contributed by atoms with E-state index < -0.39 is 0 Å². The minimum Gasteiger partial charge on any atom is -0.490 e. The van der Waals surface area contributed by atoms with Crippen LogP contribution in [-0.4, -0.2) is 60.6 Å². The second-order valence-electron chi connectivity index (χ2n) is 8.45. The molecule has 5 nitrogen and oxygen atoms in total. The van der Waals surface area contributed by atoms with E-state index in [1.54, 1.807) is 0 Å². The van der Waals surface area contributed by atoms with Gasteiger partial charge in [-0.15, -0.1) is 24.8 Å². The maximum atomic E-state index is 12.2. The number of amides is 1. The van der Waals surface area contributed by atoms with Crippen molar-refractivity contribution in [3.05, 3.63) is 23.8 Å². The van der Waals surface area contributed by atoms with Gasteiger partial charge in [-0.05, 0) is 82.3 Å². The standard InChI is InChI=1S/C22H33N3O2.2ClH/c1-17-15-20(27-19-9-13-25(14-10-19)18-5-4-6-18)7-8-21(17)23-22(26)16-24-11-2-3-12-24;;/h7-8,15,18-19H,2-6,9-14,16H2,1H3,(H,23,26);2*1H. The minimum absolute atomic E-state index is 0. The highest BCUT2D eigenvalue weighted by Crippen LogP contribution is 2.29. The summed E-state index contributed by atoms with van der Waals surface area (Å²) in [5.41, 5.74) is 1.96. The Labute approximate surface area is 187 Å². The molecule has 164 valence electrons. The molecule has 1 amide bonds. The van der Waals surface area contributed by atoms with E-state index in [0.717, 1.165) is 49.0 Å². The first kappa shape index (κ1) is 24.3. The summed E-state index contributed by atoms with van der Waals surface area (Å²) in [5.74, 6) is 1.00. The van der Waals surface area contributed by atoms with Crippen LogP contribution in [0.2, 0.25) is 0 Å². The molecule has 0 unspecified atom stereocenters. The summed E-state index contributed by atoms with van der Waals surface area (Å²) in [4.78, 5) is 17.1. The van der Waals surface area contributed by atoms with Gasteiger partial charge in [0.25, 0.3) is 0 Å². The first-order valence-corrected chi connectivity index (χ1v) is 10.7. The van der Waals surface area contributed by atoms with Crippen molar-refractivity contribution in [2.24, 2.45) is 0 Å². The number of aryl methyl sites for hydroxylation is 1. The van der Waals surface area contributed by atoms with Gasteiger partial charge in [0.1, 0.15) is 11.9 Å².